The first-order chi connectivity index (χ1) is 5.54. The van der Waals surface area contributed by atoms with Crippen LogP contribution in [0.4, 0.5) is 0 Å². The average Bonchev–Trinajstić information content (AvgIpc) is 2.12. The SMILES string of the molecule is O=C[C@H](O)[C@@H](O)[C@@H](O)[C@H](O)CO.[C]. The number of rotatable bonds is 5. The van der Waals surface area contributed by atoms with Crippen LogP contribution in [0.3, 0.4) is 0 Å². The first-order valence-electron chi connectivity index (χ1n) is 3.33. The molecule has 0 saturated carbocycles. The van der Waals surface area contributed by atoms with Gasteiger partial charge in [-0.25, -0.2) is 0 Å². The lowest BCUT2D eigenvalue weighted by atomic mass is 10.0. The quantitative estimate of drug-likeness (QED) is 0.291. The van der Waals surface area contributed by atoms with Crippen LogP contribution in [0.15, 0.2) is 0 Å². The first-order valence-corrected chi connectivity index (χ1v) is 3.33. The molecule has 0 rings (SSSR count). The summed E-state index contributed by atoms with van der Waals surface area (Å²) in [5.41, 5.74) is 0. The minimum Gasteiger partial charge on any atom is -0.394 e. The molecular weight excluding hydrogens is 180 g/mol. The molecule has 6 nitrogen and oxygen atoms in total. The first kappa shape index (κ1) is 15.0. The third kappa shape index (κ3) is 4.30. The predicted octanol–water partition coefficient (Wildman–Crippen LogP) is -3.30. The van der Waals surface area contributed by atoms with Crippen molar-refractivity contribution in [2.75, 3.05) is 6.61 Å². The average molecular weight is 192 g/mol. The highest BCUT2D eigenvalue weighted by Crippen LogP contribution is 2.02. The Hall–Kier alpha value is -0.530. The predicted molar refractivity (Wildman–Crippen MR) is 40.4 cm³/mol. The van der Waals surface area contributed by atoms with E-state index in [4.69, 9.17) is 25.5 Å². The van der Waals surface area contributed by atoms with E-state index in [1.54, 1.807) is 0 Å². The Bertz CT molecular complexity index is 139. The molecule has 0 aliphatic heterocycles. The molecule has 0 aromatic carbocycles. The van der Waals surface area contributed by atoms with Crippen LogP contribution in [0.25, 0.3) is 0 Å². The van der Waals surface area contributed by atoms with Crippen LogP contribution < -0.4 is 0 Å². The molecule has 0 aromatic rings. The van der Waals surface area contributed by atoms with Crippen molar-refractivity contribution in [1.82, 2.24) is 0 Å². The van der Waals surface area contributed by atoms with E-state index in [9.17, 15) is 4.79 Å². The molecule has 0 aliphatic rings. The molecule has 0 saturated heterocycles. The molecular formula is C7H12O6. The molecule has 4 atom stereocenters. The van der Waals surface area contributed by atoms with Crippen molar-refractivity contribution in [2.24, 2.45) is 0 Å². The second kappa shape index (κ2) is 6.93. The van der Waals surface area contributed by atoms with Gasteiger partial charge in [0.15, 0.2) is 6.29 Å². The fourth-order valence-electron chi connectivity index (χ4n) is 0.618. The maximum Gasteiger partial charge on any atom is 0.151 e. The molecule has 5 N–H and O–H groups in total. The van der Waals surface area contributed by atoms with E-state index in [1.807, 2.05) is 0 Å². The molecule has 0 heterocycles. The standard InChI is InChI=1S/C6H12O6.C/c7-1-3(9)5(11)6(12)4(10)2-8;/h1,3-6,8-12H,2H2;/t3-,4+,5+,6-;/m0./s1. The summed E-state index contributed by atoms with van der Waals surface area (Å²) in [6.07, 6.45) is -6.84. The van der Waals surface area contributed by atoms with Crippen molar-refractivity contribution in [2.45, 2.75) is 24.4 Å². The van der Waals surface area contributed by atoms with Gasteiger partial charge in [-0.05, 0) is 0 Å². The van der Waals surface area contributed by atoms with E-state index in [1.165, 1.54) is 0 Å². The highest BCUT2D eigenvalue weighted by atomic mass is 16.4. The van der Waals surface area contributed by atoms with E-state index >= 15 is 0 Å². The van der Waals surface area contributed by atoms with Crippen molar-refractivity contribution in [3.8, 4) is 0 Å². The Kier molecular flexibility index (Phi) is 7.98. The number of hydrogen-bond donors (Lipinski definition) is 5. The monoisotopic (exact) mass is 192 g/mol. The van der Waals surface area contributed by atoms with Gasteiger partial charge in [-0.1, -0.05) is 0 Å². The van der Waals surface area contributed by atoms with E-state index in [-0.39, 0.29) is 13.7 Å². The minimum absolute atomic E-state index is 0. The van der Waals surface area contributed by atoms with Crippen LogP contribution >= 0.6 is 0 Å². The third-order valence-corrected chi connectivity index (χ3v) is 1.42. The van der Waals surface area contributed by atoms with Gasteiger partial charge in [-0.2, -0.15) is 0 Å². The number of aldehydes is 1. The topological polar surface area (TPSA) is 118 Å². The number of aliphatic hydroxyl groups excluding tert-OH is 5. The van der Waals surface area contributed by atoms with E-state index in [0.29, 0.717) is 0 Å². The summed E-state index contributed by atoms with van der Waals surface area (Å²) in [6, 6.07) is 0. The number of carbonyl (C=O) groups is 1. The van der Waals surface area contributed by atoms with Crippen molar-refractivity contribution in [1.29, 1.82) is 0 Å². The Morgan fingerprint density at radius 3 is 1.85 bits per heavy atom. The molecule has 0 unspecified atom stereocenters. The van der Waals surface area contributed by atoms with Crippen LogP contribution in [-0.4, -0.2) is 62.8 Å². The molecule has 0 aromatic heterocycles. The van der Waals surface area contributed by atoms with Gasteiger partial charge in [0.2, 0.25) is 0 Å². The summed E-state index contributed by atoms with van der Waals surface area (Å²) in [5, 5.41) is 43.5. The van der Waals surface area contributed by atoms with Crippen LogP contribution in [-0.2, 0) is 4.79 Å². The van der Waals surface area contributed by atoms with Gasteiger partial charge in [0.25, 0.3) is 0 Å². The van der Waals surface area contributed by atoms with Crippen LogP contribution in [0.5, 0.6) is 0 Å². The molecule has 13 heavy (non-hydrogen) atoms. The van der Waals surface area contributed by atoms with Crippen LogP contribution in [0.2, 0.25) is 0 Å². The lowest BCUT2D eigenvalue weighted by Gasteiger charge is -2.22. The van der Waals surface area contributed by atoms with E-state index < -0.39 is 31.0 Å². The number of hydrogen-bond acceptors (Lipinski definition) is 6. The van der Waals surface area contributed by atoms with Crippen LogP contribution in [0, 0.1) is 7.43 Å². The Labute approximate surface area is 76.1 Å². The zero-order chi connectivity index (χ0) is 9.72. The summed E-state index contributed by atoms with van der Waals surface area (Å²) < 4.78 is 0. The smallest absolute Gasteiger partial charge is 0.151 e. The van der Waals surface area contributed by atoms with Gasteiger partial charge in [0.1, 0.15) is 24.4 Å². The molecule has 6 heteroatoms. The Balaban J connectivity index is 0. The van der Waals surface area contributed by atoms with Gasteiger partial charge in [0.05, 0.1) is 6.61 Å². The fourth-order valence-corrected chi connectivity index (χ4v) is 0.618. The zero-order valence-corrected chi connectivity index (χ0v) is 6.74. The van der Waals surface area contributed by atoms with Crippen molar-refractivity contribution >= 4 is 6.29 Å². The molecule has 0 spiro atoms. The van der Waals surface area contributed by atoms with Crippen molar-refractivity contribution in [3.63, 3.8) is 0 Å². The lowest BCUT2D eigenvalue weighted by molar-refractivity contribution is -0.136. The van der Waals surface area contributed by atoms with Gasteiger partial charge < -0.3 is 30.3 Å². The second-order valence-corrected chi connectivity index (χ2v) is 2.36. The fraction of sp³-hybridized carbons (Fsp3) is 0.714. The van der Waals surface area contributed by atoms with Gasteiger partial charge in [-0.3, -0.25) is 0 Å². The van der Waals surface area contributed by atoms with E-state index in [0.717, 1.165) is 0 Å². The van der Waals surface area contributed by atoms with Gasteiger partial charge in [0, 0.05) is 7.43 Å². The summed E-state index contributed by atoms with van der Waals surface area (Å²) >= 11 is 0. The summed E-state index contributed by atoms with van der Waals surface area (Å²) in [5.74, 6) is 0. The number of carbonyl (C=O) groups excluding carboxylic acids is 1. The molecule has 0 bridgehead atoms. The van der Waals surface area contributed by atoms with Gasteiger partial charge in [-0.15, -0.1) is 0 Å². The minimum atomic E-state index is -1.79. The third-order valence-electron chi connectivity index (χ3n) is 1.42. The highest BCUT2D eigenvalue weighted by Gasteiger charge is 2.29. The van der Waals surface area contributed by atoms with Crippen molar-refractivity contribution in [3.05, 3.63) is 7.43 Å². The highest BCUT2D eigenvalue weighted by molar-refractivity contribution is 5.56. The maximum absolute atomic E-state index is 9.90. The second-order valence-electron chi connectivity index (χ2n) is 2.36. The molecule has 0 fully saturated rings. The summed E-state index contributed by atoms with van der Waals surface area (Å²) in [7, 11) is 0. The molecule has 4 radical (unpaired) electrons. The van der Waals surface area contributed by atoms with Crippen molar-refractivity contribution < 1.29 is 30.3 Å². The van der Waals surface area contributed by atoms with Crippen LogP contribution in [0.1, 0.15) is 0 Å². The summed E-state index contributed by atoms with van der Waals surface area (Å²) in [4.78, 5) is 9.90. The zero-order valence-electron chi connectivity index (χ0n) is 6.74. The number of aliphatic hydroxyl groups is 5. The summed E-state index contributed by atoms with van der Waals surface area (Å²) in [6.45, 7) is -0.760. The lowest BCUT2D eigenvalue weighted by Crippen LogP contribution is -2.46. The Morgan fingerprint density at radius 1 is 1.08 bits per heavy atom. The largest absolute Gasteiger partial charge is 0.394 e. The van der Waals surface area contributed by atoms with E-state index in [2.05, 4.69) is 0 Å². The molecule has 76 valence electrons. The molecule has 0 aliphatic carbocycles. The molecule has 0 amide bonds. The maximum atomic E-state index is 9.90. The normalized spacial score (nSPS) is 19.5. The van der Waals surface area contributed by atoms with Gasteiger partial charge >= 0.3 is 0 Å². The Morgan fingerprint density at radius 2 is 1.54 bits per heavy atom.